The van der Waals surface area contributed by atoms with Crippen molar-refractivity contribution in [3.63, 3.8) is 0 Å². The van der Waals surface area contributed by atoms with Crippen molar-refractivity contribution in [2.75, 3.05) is 7.11 Å². The molecule has 0 aliphatic carbocycles. The van der Waals surface area contributed by atoms with E-state index in [9.17, 15) is 4.79 Å². The largest absolute Gasteiger partial charge is 0.464 e. The normalized spacial score (nSPS) is 11.7. The molecule has 0 aliphatic heterocycles. The Balaban J connectivity index is 1.85. The predicted octanol–water partition coefficient (Wildman–Crippen LogP) is 9.41. The molecule has 0 atom stereocenters. The van der Waals surface area contributed by atoms with E-state index in [1.165, 1.54) is 116 Å². The Labute approximate surface area is 198 Å². The van der Waals surface area contributed by atoms with E-state index >= 15 is 0 Å². The number of carbonyl (C=O) groups is 1. The summed E-state index contributed by atoms with van der Waals surface area (Å²) in [7, 11) is 1.40. The fourth-order valence-corrected chi connectivity index (χ4v) is 4.12. The molecule has 1 heterocycles. The summed E-state index contributed by atoms with van der Waals surface area (Å²) in [6, 6.07) is 1.88. The molecule has 1 rings (SSSR count). The van der Waals surface area contributed by atoms with E-state index < -0.39 is 0 Å². The van der Waals surface area contributed by atoms with E-state index in [2.05, 4.69) is 24.1 Å². The van der Waals surface area contributed by atoms with Crippen LogP contribution in [-0.2, 0) is 4.74 Å². The molecule has 0 unspecified atom stereocenters. The first-order valence-corrected chi connectivity index (χ1v) is 13.4. The van der Waals surface area contributed by atoms with Crippen molar-refractivity contribution >= 4 is 12.0 Å². The number of hydrogen-bond donors (Lipinski definition) is 1. The van der Waals surface area contributed by atoms with Gasteiger partial charge in [-0.1, -0.05) is 134 Å². The van der Waals surface area contributed by atoms with Crippen molar-refractivity contribution in [2.24, 2.45) is 0 Å². The van der Waals surface area contributed by atoms with E-state index in [0.29, 0.717) is 5.69 Å². The standard InChI is InChI=1S/C29H49NO2/c1-3-4-5-6-7-8-9-10-11-12-13-14-15-16-17-18-19-20-21-22-23-24-27-25-26-30-28(27)29(31)32-2/h21-26,30H,3-20H2,1-2H3. The second-order valence-electron chi connectivity index (χ2n) is 9.03. The third-order valence-corrected chi connectivity index (χ3v) is 6.17. The first-order valence-electron chi connectivity index (χ1n) is 13.4. The molecule has 182 valence electrons. The lowest BCUT2D eigenvalue weighted by Crippen LogP contribution is -2.02. The summed E-state index contributed by atoms with van der Waals surface area (Å²) in [5.41, 5.74) is 1.37. The van der Waals surface area contributed by atoms with Crippen LogP contribution in [0.3, 0.4) is 0 Å². The lowest BCUT2D eigenvalue weighted by molar-refractivity contribution is 0.0594. The Bertz CT molecular complexity index is 614. The highest BCUT2D eigenvalue weighted by atomic mass is 16.5. The van der Waals surface area contributed by atoms with Gasteiger partial charge in [-0.3, -0.25) is 0 Å². The summed E-state index contributed by atoms with van der Waals surface area (Å²) in [5, 5.41) is 0. The van der Waals surface area contributed by atoms with Crippen LogP contribution in [0.25, 0.3) is 6.08 Å². The number of aromatic amines is 1. The van der Waals surface area contributed by atoms with Gasteiger partial charge in [-0.05, 0) is 18.9 Å². The molecule has 0 fully saturated rings. The second-order valence-corrected chi connectivity index (χ2v) is 9.03. The first-order chi connectivity index (χ1) is 15.8. The van der Waals surface area contributed by atoms with Crippen LogP contribution in [0.2, 0.25) is 0 Å². The summed E-state index contributed by atoms with van der Waals surface area (Å²) >= 11 is 0. The molecule has 0 bridgehead atoms. The number of ether oxygens (including phenoxy) is 1. The molecule has 0 saturated heterocycles. The van der Waals surface area contributed by atoms with E-state index in [1.54, 1.807) is 6.20 Å². The van der Waals surface area contributed by atoms with Crippen molar-refractivity contribution in [2.45, 2.75) is 122 Å². The van der Waals surface area contributed by atoms with Crippen molar-refractivity contribution in [3.05, 3.63) is 41.7 Å². The Morgan fingerprint density at radius 2 is 1.28 bits per heavy atom. The lowest BCUT2D eigenvalue weighted by atomic mass is 10.0. The number of H-pyrrole nitrogens is 1. The van der Waals surface area contributed by atoms with Crippen LogP contribution in [-0.4, -0.2) is 18.1 Å². The number of hydrogen-bond acceptors (Lipinski definition) is 2. The molecule has 1 aromatic rings. The van der Waals surface area contributed by atoms with Crippen LogP contribution in [0.4, 0.5) is 0 Å². The quantitative estimate of drug-likeness (QED) is 0.117. The third kappa shape index (κ3) is 15.1. The smallest absolute Gasteiger partial charge is 0.355 e. The number of methoxy groups -OCH3 is 1. The molecular weight excluding hydrogens is 394 g/mol. The first kappa shape index (κ1) is 28.3. The van der Waals surface area contributed by atoms with Crippen LogP contribution >= 0.6 is 0 Å². The van der Waals surface area contributed by atoms with Crippen LogP contribution in [0.1, 0.15) is 139 Å². The van der Waals surface area contributed by atoms with E-state index in [4.69, 9.17) is 4.74 Å². The number of carbonyl (C=O) groups excluding carboxylic acids is 1. The van der Waals surface area contributed by atoms with Gasteiger partial charge in [0.2, 0.25) is 0 Å². The Morgan fingerprint density at radius 1 is 0.781 bits per heavy atom. The number of unbranched alkanes of at least 4 members (excludes halogenated alkanes) is 17. The molecule has 1 aromatic heterocycles. The van der Waals surface area contributed by atoms with Gasteiger partial charge < -0.3 is 9.72 Å². The number of rotatable bonds is 21. The molecule has 0 aliphatic rings. The highest BCUT2D eigenvalue weighted by Crippen LogP contribution is 2.14. The molecule has 0 amide bonds. The summed E-state index contributed by atoms with van der Waals surface area (Å²) in [5.74, 6) is -0.331. The van der Waals surface area contributed by atoms with Crippen molar-refractivity contribution in [1.29, 1.82) is 0 Å². The Morgan fingerprint density at radius 3 is 1.78 bits per heavy atom. The molecule has 0 radical (unpaired) electrons. The highest BCUT2D eigenvalue weighted by molar-refractivity contribution is 5.91. The molecular formula is C29H49NO2. The maximum absolute atomic E-state index is 11.6. The summed E-state index contributed by atoms with van der Waals surface area (Å²) < 4.78 is 4.76. The van der Waals surface area contributed by atoms with Crippen LogP contribution < -0.4 is 0 Å². The van der Waals surface area contributed by atoms with E-state index in [0.717, 1.165) is 12.0 Å². The van der Waals surface area contributed by atoms with Crippen molar-refractivity contribution in [3.8, 4) is 0 Å². The number of nitrogens with one attached hydrogen (secondary N) is 1. The Hall–Kier alpha value is -1.77. The second kappa shape index (κ2) is 21.1. The van der Waals surface area contributed by atoms with E-state index in [-0.39, 0.29) is 5.97 Å². The van der Waals surface area contributed by atoms with Gasteiger partial charge in [0.15, 0.2) is 0 Å². The maximum Gasteiger partial charge on any atom is 0.355 e. The fourth-order valence-electron chi connectivity index (χ4n) is 4.12. The fraction of sp³-hybridized carbons (Fsp3) is 0.690. The van der Waals surface area contributed by atoms with Crippen LogP contribution in [0, 0.1) is 0 Å². The molecule has 0 aromatic carbocycles. The molecule has 32 heavy (non-hydrogen) atoms. The van der Waals surface area contributed by atoms with Gasteiger partial charge in [-0.2, -0.15) is 0 Å². The van der Waals surface area contributed by atoms with Gasteiger partial charge >= 0.3 is 5.97 Å². The van der Waals surface area contributed by atoms with Gasteiger partial charge in [-0.15, -0.1) is 0 Å². The van der Waals surface area contributed by atoms with Crippen LogP contribution in [0.5, 0.6) is 0 Å². The van der Waals surface area contributed by atoms with Gasteiger partial charge in [0.05, 0.1) is 7.11 Å². The zero-order chi connectivity index (χ0) is 23.1. The maximum atomic E-state index is 11.6. The minimum Gasteiger partial charge on any atom is -0.464 e. The van der Waals surface area contributed by atoms with Crippen LogP contribution in [0.15, 0.2) is 30.5 Å². The van der Waals surface area contributed by atoms with Gasteiger partial charge in [0.1, 0.15) is 5.69 Å². The number of esters is 1. The Kier molecular flexibility index (Phi) is 18.6. The molecule has 1 N–H and O–H groups in total. The predicted molar refractivity (Wildman–Crippen MR) is 139 cm³/mol. The number of allylic oxidation sites excluding steroid dienone is 3. The molecule has 3 heteroatoms. The SMILES string of the molecule is CCCCCCCCCCCCCCCCCCCC=CC=Cc1cc[nH]c1C(=O)OC. The van der Waals surface area contributed by atoms with Gasteiger partial charge in [0, 0.05) is 11.8 Å². The van der Waals surface area contributed by atoms with Crippen molar-refractivity contribution < 1.29 is 9.53 Å². The lowest BCUT2D eigenvalue weighted by Gasteiger charge is -2.03. The zero-order valence-corrected chi connectivity index (χ0v) is 21.0. The third-order valence-electron chi connectivity index (χ3n) is 6.17. The molecule has 3 nitrogen and oxygen atoms in total. The minimum atomic E-state index is -0.331. The summed E-state index contributed by atoms with van der Waals surface area (Å²) in [6.45, 7) is 2.29. The molecule has 0 spiro atoms. The number of aromatic nitrogens is 1. The highest BCUT2D eigenvalue weighted by Gasteiger charge is 2.09. The summed E-state index contributed by atoms with van der Waals surface area (Å²) in [6.07, 6.45) is 35.1. The monoisotopic (exact) mass is 443 g/mol. The summed E-state index contributed by atoms with van der Waals surface area (Å²) in [4.78, 5) is 14.5. The average molecular weight is 444 g/mol. The van der Waals surface area contributed by atoms with Crippen molar-refractivity contribution in [1.82, 2.24) is 4.98 Å². The minimum absolute atomic E-state index is 0.331. The molecule has 0 saturated carbocycles. The average Bonchev–Trinajstić information content (AvgIpc) is 3.28. The zero-order valence-electron chi connectivity index (χ0n) is 21.0. The van der Waals surface area contributed by atoms with Gasteiger partial charge in [0.25, 0.3) is 0 Å². The van der Waals surface area contributed by atoms with E-state index in [1.807, 2.05) is 18.2 Å². The topological polar surface area (TPSA) is 42.1 Å². The van der Waals surface area contributed by atoms with Gasteiger partial charge in [-0.25, -0.2) is 4.79 Å².